The number of aromatic carboxylic acids is 1. The maximum Gasteiger partial charge on any atom is 0.422 e. The highest BCUT2D eigenvalue weighted by Gasteiger charge is 2.32. The van der Waals surface area contributed by atoms with Crippen LogP contribution in [0.4, 0.5) is 17.6 Å². The third-order valence-corrected chi connectivity index (χ3v) is 4.43. The van der Waals surface area contributed by atoms with Crippen molar-refractivity contribution in [1.29, 1.82) is 0 Å². The number of halogens is 4. The van der Waals surface area contributed by atoms with Gasteiger partial charge in [0, 0.05) is 18.4 Å². The molecule has 3 aromatic rings. The van der Waals surface area contributed by atoms with Crippen LogP contribution in [0.3, 0.4) is 0 Å². The molecule has 2 heterocycles. The van der Waals surface area contributed by atoms with Gasteiger partial charge >= 0.3 is 12.1 Å². The Morgan fingerprint density at radius 1 is 1.21 bits per heavy atom. The molecule has 0 radical (unpaired) electrons. The first-order valence-electron chi connectivity index (χ1n) is 8.51. The Labute approximate surface area is 161 Å². The molecule has 0 unspecified atom stereocenters. The molecule has 6 nitrogen and oxygen atoms in total. The molecule has 0 atom stereocenters. The fraction of sp³-hybridized carbons (Fsp3) is 0.263. The molecule has 1 aromatic carbocycles. The van der Waals surface area contributed by atoms with Crippen molar-refractivity contribution in [3.63, 3.8) is 0 Å². The van der Waals surface area contributed by atoms with E-state index in [0.29, 0.717) is 12.1 Å². The number of pyridine rings is 1. The van der Waals surface area contributed by atoms with E-state index in [9.17, 15) is 32.3 Å². The number of rotatable bonds is 5. The van der Waals surface area contributed by atoms with E-state index in [0.717, 1.165) is 16.7 Å². The van der Waals surface area contributed by atoms with Gasteiger partial charge in [0.15, 0.2) is 18.1 Å². The summed E-state index contributed by atoms with van der Waals surface area (Å²) >= 11 is 0. The van der Waals surface area contributed by atoms with Crippen LogP contribution in [-0.4, -0.2) is 33.0 Å². The smallest absolute Gasteiger partial charge is 0.422 e. The second-order valence-electron chi connectivity index (χ2n) is 6.31. The number of carbonyl (C=O) groups is 1. The number of aromatic nitrogens is 2. The molecule has 29 heavy (non-hydrogen) atoms. The summed E-state index contributed by atoms with van der Waals surface area (Å²) < 4.78 is 58.4. The maximum atomic E-state index is 13.3. The van der Waals surface area contributed by atoms with Crippen molar-refractivity contribution in [1.82, 2.24) is 9.13 Å². The first-order chi connectivity index (χ1) is 13.5. The molecule has 1 N–H and O–H groups in total. The Morgan fingerprint density at radius 3 is 2.34 bits per heavy atom. The summed E-state index contributed by atoms with van der Waals surface area (Å²) in [5.74, 6) is -2.72. The standard InChI is InChI=1S/C19H16F4N2O4/c1-3-11-8-13-14(17(26)25(11)12-6-4-10(20)5-7-12)16(29-9-19(21,22)23)15(18(27)28)24(13)2/h4-8H,3,9H2,1-2H3,(H,27,28). The van der Waals surface area contributed by atoms with Gasteiger partial charge in [0.05, 0.1) is 5.52 Å². The lowest BCUT2D eigenvalue weighted by atomic mass is 10.2. The van der Waals surface area contributed by atoms with E-state index >= 15 is 0 Å². The van der Waals surface area contributed by atoms with Crippen LogP contribution < -0.4 is 10.3 Å². The lowest BCUT2D eigenvalue weighted by molar-refractivity contribution is -0.153. The summed E-state index contributed by atoms with van der Waals surface area (Å²) in [4.78, 5) is 24.9. The predicted molar refractivity (Wildman–Crippen MR) is 96.4 cm³/mol. The van der Waals surface area contributed by atoms with Gasteiger partial charge < -0.3 is 14.4 Å². The van der Waals surface area contributed by atoms with Gasteiger partial charge in [-0.15, -0.1) is 0 Å². The molecule has 0 fully saturated rings. The third kappa shape index (κ3) is 3.69. The molecule has 3 rings (SSSR count). The summed E-state index contributed by atoms with van der Waals surface area (Å²) in [7, 11) is 1.33. The SMILES string of the molecule is CCc1cc2c(c(OCC(F)(F)F)c(C(=O)O)n2C)c(=O)n1-c1ccc(F)cc1. The number of carboxylic acids is 1. The number of ether oxygens (including phenoxy) is 1. The molecule has 0 aliphatic carbocycles. The highest BCUT2D eigenvalue weighted by molar-refractivity contribution is 6.00. The van der Waals surface area contributed by atoms with Gasteiger partial charge in [0.2, 0.25) is 0 Å². The number of carboxylic acid groups (broad SMARTS) is 1. The Hall–Kier alpha value is -3.30. The summed E-state index contributed by atoms with van der Waals surface area (Å²) in [6.45, 7) is 0.000647. The normalized spacial score (nSPS) is 11.8. The first-order valence-corrected chi connectivity index (χ1v) is 8.51. The van der Waals surface area contributed by atoms with Crippen molar-refractivity contribution in [3.8, 4) is 11.4 Å². The second kappa shape index (κ2) is 7.26. The molecule has 0 aliphatic rings. The molecular formula is C19H16F4N2O4. The van der Waals surface area contributed by atoms with Gasteiger partial charge in [-0.2, -0.15) is 13.2 Å². The van der Waals surface area contributed by atoms with E-state index in [1.807, 2.05) is 0 Å². The molecular weight excluding hydrogens is 396 g/mol. The Bertz CT molecular complexity index is 1140. The van der Waals surface area contributed by atoms with Crippen molar-refractivity contribution in [3.05, 3.63) is 57.9 Å². The van der Waals surface area contributed by atoms with Gasteiger partial charge in [-0.1, -0.05) is 6.92 Å². The average Bonchev–Trinajstić information content (AvgIpc) is 2.92. The summed E-state index contributed by atoms with van der Waals surface area (Å²) in [5.41, 5.74) is -0.446. The van der Waals surface area contributed by atoms with Crippen LogP contribution in [0.2, 0.25) is 0 Å². The first kappa shape index (κ1) is 20.4. The number of alkyl halides is 3. The van der Waals surface area contributed by atoms with Gasteiger partial charge in [-0.05, 0) is 36.8 Å². The minimum absolute atomic E-state index is 0.125. The predicted octanol–water partition coefficient (Wildman–Crippen LogP) is 3.67. The number of nitrogens with zero attached hydrogens (tertiary/aromatic N) is 2. The van der Waals surface area contributed by atoms with Crippen molar-refractivity contribution < 1.29 is 32.2 Å². The van der Waals surface area contributed by atoms with E-state index in [1.54, 1.807) is 6.92 Å². The summed E-state index contributed by atoms with van der Waals surface area (Å²) in [5, 5.41) is 9.18. The highest BCUT2D eigenvalue weighted by atomic mass is 19.4. The number of hydrogen-bond acceptors (Lipinski definition) is 3. The minimum Gasteiger partial charge on any atom is -0.481 e. The average molecular weight is 412 g/mol. The molecule has 154 valence electrons. The number of benzene rings is 1. The van der Waals surface area contributed by atoms with Crippen molar-refractivity contribution in [2.75, 3.05) is 6.61 Å². The van der Waals surface area contributed by atoms with E-state index in [1.165, 1.54) is 29.8 Å². The number of hydrogen-bond donors (Lipinski definition) is 1. The van der Waals surface area contributed by atoms with Crippen LogP contribution in [0, 0.1) is 5.82 Å². The molecule has 0 saturated heterocycles. The summed E-state index contributed by atoms with van der Waals surface area (Å²) in [6, 6.07) is 6.48. The van der Waals surface area contributed by atoms with Crippen molar-refractivity contribution in [2.45, 2.75) is 19.5 Å². The van der Waals surface area contributed by atoms with E-state index in [2.05, 4.69) is 0 Å². The van der Waals surface area contributed by atoms with Crippen LogP contribution >= 0.6 is 0 Å². The molecule has 0 saturated carbocycles. The van der Waals surface area contributed by atoms with Crippen LogP contribution in [-0.2, 0) is 13.5 Å². The van der Waals surface area contributed by atoms with Crippen LogP contribution in [0.25, 0.3) is 16.6 Å². The minimum atomic E-state index is -4.72. The zero-order valence-corrected chi connectivity index (χ0v) is 15.4. The molecule has 0 amide bonds. The molecule has 0 aliphatic heterocycles. The maximum absolute atomic E-state index is 13.3. The lowest BCUT2D eigenvalue weighted by Gasteiger charge is -2.13. The third-order valence-electron chi connectivity index (χ3n) is 4.43. The Kier molecular flexibility index (Phi) is 5.12. The molecule has 0 bridgehead atoms. The quantitative estimate of drug-likeness (QED) is 0.649. The van der Waals surface area contributed by atoms with Gasteiger partial charge in [0.1, 0.15) is 11.2 Å². The monoisotopic (exact) mass is 412 g/mol. The zero-order chi connectivity index (χ0) is 21.5. The number of fused-ring (bicyclic) bond motifs is 1. The van der Waals surface area contributed by atoms with Crippen LogP contribution in [0.1, 0.15) is 23.1 Å². The van der Waals surface area contributed by atoms with Crippen LogP contribution in [0.15, 0.2) is 35.1 Å². The Morgan fingerprint density at radius 2 is 1.83 bits per heavy atom. The van der Waals surface area contributed by atoms with Crippen LogP contribution in [0.5, 0.6) is 5.75 Å². The highest BCUT2D eigenvalue weighted by Crippen LogP contribution is 2.33. The van der Waals surface area contributed by atoms with Gasteiger partial charge in [-0.25, -0.2) is 9.18 Å². The second-order valence-corrected chi connectivity index (χ2v) is 6.31. The topological polar surface area (TPSA) is 73.5 Å². The van der Waals surface area contributed by atoms with Crippen molar-refractivity contribution in [2.24, 2.45) is 7.05 Å². The summed E-state index contributed by atoms with van der Waals surface area (Å²) in [6.07, 6.45) is -4.37. The van der Waals surface area contributed by atoms with Crippen molar-refractivity contribution >= 4 is 16.9 Å². The van der Waals surface area contributed by atoms with E-state index in [4.69, 9.17) is 4.74 Å². The molecule has 0 spiro atoms. The molecule has 10 heteroatoms. The largest absolute Gasteiger partial charge is 0.481 e. The molecule has 2 aromatic heterocycles. The lowest BCUT2D eigenvalue weighted by Crippen LogP contribution is -2.23. The van der Waals surface area contributed by atoms with Gasteiger partial charge in [0.25, 0.3) is 5.56 Å². The fourth-order valence-corrected chi connectivity index (χ4v) is 3.18. The van der Waals surface area contributed by atoms with E-state index < -0.39 is 41.6 Å². The van der Waals surface area contributed by atoms with Gasteiger partial charge in [-0.3, -0.25) is 9.36 Å². The zero-order valence-electron chi connectivity index (χ0n) is 15.4. The fourth-order valence-electron chi connectivity index (χ4n) is 3.18. The Balaban J connectivity index is 2.38. The van der Waals surface area contributed by atoms with E-state index in [-0.39, 0.29) is 16.6 Å². The number of aryl methyl sites for hydroxylation is 2.